The Hall–Kier alpha value is -1.69. The summed E-state index contributed by atoms with van der Waals surface area (Å²) in [5.41, 5.74) is 0.500. The highest BCUT2D eigenvalue weighted by Crippen LogP contribution is 2.46. The minimum absolute atomic E-state index is 0.123. The number of aromatic nitrogens is 1. The lowest BCUT2D eigenvalue weighted by Crippen LogP contribution is -2.33. The van der Waals surface area contributed by atoms with E-state index in [1.165, 1.54) is 0 Å². The number of hydrogen-bond acceptors (Lipinski definition) is 3. The fourth-order valence-corrected chi connectivity index (χ4v) is 3.53. The van der Waals surface area contributed by atoms with Crippen molar-refractivity contribution < 1.29 is 4.79 Å². The van der Waals surface area contributed by atoms with Crippen molar-refractivity contribution in [1.82, 2.24) is 4.98 Å². The van der Waals surface area contributed by atoms with Crippen LogP contribution >= 0.6 is 0 Å². The van der Waals surface area contributed by atoms with Crippen LogP contribution in [0, 0.1) is 22.7 Å². The van der Waals surface area contributed by atoms with Gasteiger partial charge in [-0.2, -0.15) is 5.26 Å². The predicted octanol–water partition coefficient (Wildman–Crippen LogP) is 3.86. The summed E-state index contributed by atoms with van der Waals surface area (Å²) in [4.78, 5) is 17.0. The van der Waals surface area contributed by atoms with E-state index in [0.29, 0.717) is 5.92 Å². The molecule has 1 unspecified atom stereocenters. The van der Waals surface area contributed by atoms with E-state index >= 15 is 0 Å². The first-order valence-electron chi connectivity index (χ1n) is 7.43. The van der Waals surface area contributed by atoms with E-state index < -0.39 is 5.92 Å². The largest absolute Gasteiger partial charge is 0.297 e. The molecule has 0 bridgehead atoms. The number of carbonyl (C=O) groups is 1. The van der Waals surface area contributed by atoms with Crippen LogP contribution in [0.3, 0.4) is 0 Å². The summed E-state index contributed by atoms with van der Waals surface area (Å²) in [7, 11) is 0. The highest BCUT2D eigenvalue weighted by molar-refractivity contribution is 5.93. The first kappa shape index (κ1) is 14.7. The number of ketones is 1. The SMILES string of the molecule is CC(C)CC1(C(=O)C(C#N)c2ccncc2)CCCC1. The van der Waals surface area contributed by atoms with E-state index in [9.17, 15) is 10.1 Å². The lowest BCUT2D eigenvalue weighted by atomic mass is 9.70. The smallest absolute Gasteiger partial charge is 0.160 e. The van der Waals surface area contributed by atoms with E-state index in [2.05, 4.69) is 24.9 Å². The first-order valence-corrected chi connectivity index (χ1v) is 7.43. The lowest BCUT2D eigenvalue weighted by Gasteiger charge is -2.31. The van der Waals surface area contributed by atoms with Crippen LogP contribution in [0.4, 0.5) is 0 Å². The number of pyridine rings is 1. The van der Waals surface area contributed by atoms with Gasteiger partial charge >= 0.3 is 0 Å². The molecule has 1 aliphatic carbocycles. The molecule has 1 atom stereocenters. The number of Topliss-reactive ketones (excluding diaryl/α,β-unsaturated/α-hetero) is 1. The van der Waals surface area contributed by atoms with E-state index in [1.807, 2.05) is 0 Å². The van der Waals surface area contributed by atoms with Gasteiger partial charge < -0.3 is 0 Å². The fraction of sp³-hybridized carbons (Fsp3) is 0.588. The van der Waals surface area contributed by atoms with Crippen LogP contribution in [0.5, 0.6) is 0 Å². The van der Waals surface area contributed by atoms with Crippen molar-refractivity contribution >= 4 is 5.78 Å². The van der Waals surface area contributed by atoms with Crippen LogP contribution in [-0.2, 0) is 4.79 Å². The predicted molar refractivity (Wildman–Crippen MR) is 78.0 cm³/mol. The number of carbonyl (C=O) groups excluding carboxylic acids is 1. The van der Waals surface area contributed by atoms with E-state index in [4.69, 9.17) is 0 Å². The molecule has 0 radical (unpaired) electrons. The quantitative estimate of drug-likeness (QED) is 0.816. The van der Waals surface area contributed by atoms with Crippen LogP contribution < -0.4 is 0 Å². The van der Waals surface area contributed by atoms with Gasteiger partial charge in [0.15, 0.2) is 5.78 Å². The molecule has 0 aromatic carbocycles. The Kier molecular flexibility index (Phi) is 4.54. The Balaban J connectivity index is 2.29. The normalized spacial score (nSPS) is 18.7. The van der Waals surface area contributed by atoms with Crippen molar-refractivity contribution in [2.75, 3.05) is 0 Å². The standard InChI is InChI=1S/C17H22N2O/c1-13(2)11-17(7-3-4-8-17)16(20)15(12-18)14-5-9-19-10-6-14/h5-6,9-10,13,15H,3-4,7-8,11H2,1-2H3. The third kappa shape index (κ3) is 2.90. The maximum atomic E-state index is 13.0. The summed E-state index contributed by atoms with van der Waals surface area (Å²) >= 11 is 0. The monoisotopic (exact) mass is 270 g/mol. The van der Waals surface area contributed by atoms with Crippen molar-refractivity contribution in [2.45, 2.75) is 51.9 Å². The van der Waals surface area contributed by atoms with Gasteiger partial charge in [-0.05, 0) is 42.9 Å². The van der Waals surface area contributed by atoms with Gasteiger partial charge in [0.05, 0.1) is 6.07 Å². The van der Waals surface area contributed by atoms with Crippen molar-refractivity contribution in [3.05, 3.63) is 30.1 Å². The molecule has 20 heavy (non-hydrogen) atoms. The summed E-state index contributed by atoms with van der Waals surface area (Å²) in [6.07, 6.45) is 8.28. The molecular weight excluding hydrogens is 248 g/mol. The summed E-state index contributed by atoms with van der Waals surface area (Å²) in [5, 5.41) is 9.47. The Morgan fingerprint density at radius 2 is 1.95 bits per heavy atom. The molecule has 3 heteroatoms. The maximum absolute atomic E-state index is 13.0. The molecule has 0 amide bonds. The second-order valence-corrected chi connectivity index (χ2v) is 6.29. The van der Waals surface area contributed by atoms with Crippen molar-refractivity contribution in [3.63, 3.8) is 0 Å². The number of nitrogens with zero attached hydrogens (tertiary/aromatic N) is 2. The highest BCUT2D eigenvalue weighted by Gasteiger charge is 2.44. The molecule has 1 aromatic rings. The van der Waals surface area contributed by atoms with E-state index in [1.54, 1.807) is 24.5 Å². The number of nitriles is 1. The molecular formula is C17H22N2O. The molecule has 1 saturated carbocycles. The molecule has 0 N–H and O–H groups in total. The van der Waals surface area contributed by atoms with Gasteiger partial charge in [-0.25, -0.2) is 0 Å². The first-order chi connectivity index (χ1) is 9.59. The molecule has 2 rings (SSSR count). The van der Waals surface area contributed by atoms with E-state index in [0.717, 1.165) is 37.7 Å². The molecule has 1 fully saturated rings. The Morgan fingerprint density at radius 3 is 2.45 bits per heavy atom. The van der Waals surface area contributed by atoms with Gasteiger partial charge in [0.2, 0.25) is 0 Å². The maximum Gasteiger partial charge on any atom is 0.160 e. The van der Waals surface area contributed by atoms with Crippen LogP contribution in [0.25, 0.3) is 0 Å². The van der Waals surface area contributed by atoms with Crippen molar-refractivity contribution in [3.8, 4) is 6.07 Å². The third-order valence-corrected chi connectivity index (χ3v) is 4.31. The minimum Gasteiger partial charge on any atom is -0.297 e. The highest BCUT2D eigenvalue weighted by atomic mass is 16.1. The number of hydrogen-bond donors (Lipinski definition) is 0. The van der Waals surface area contributed by atoms with Gasteiger partial charge in [0.25, 0.3) is 0 Å². The molecule has 3 nitrogen and oxygen atoms in total. The van der Waals surface area contributed by atoms with Crippen LogP contribution in [-0.4, -0.2) is 10.8 Å². The van der Waals surface area contributed by atoms with Crippen LogP contribution in [0.2, 0.25) is 0 Å². The van der Waals surface area contributed by atoms with Gasteiger partial charge in [0, 0.05) is 17.8 Å². The molecule has 106 valence electrons. The van der Waals surface area contributed by atoms with Gasteiger partial charge in [-0.3, -0.25) is 9.78 Å². The molecule has 0 aliphatic heterocycles. The topological polar surface area (TPSA) is 53.8 Å². The summed E-state index contributed by atoms with van der Waals surface area (Å²) in [5.74, 6) is -0.0407. The zero-order valence-electron chi connectivity index (χ0n) is 12.3. The lowest BCUT2D eigenvalue weighted by molar-refractivity contribution is -0.129. The molecule has 1 aromatic heterocycles. The van der Waals surface area contributed by atoms with E-state index in [-0.39, 0.29) is 11.2 Å². The van der Waals surface area contributed by atoms with Crippen molar-refractivity contribution in [2.24, 2.45) is 11.3 Å². The zero-order chi connectivity index (χ0) is 14.6. The second-order valence-electron chi connectivity index (χ2n) is 6.29. The van der Waals surface area contributed by atoms with Gasteiger partial charge in [-0.1, -0.05) is 26.7 Å². The minimum atomic E-state index is -0.644. The Labute approximate surface area is 121 Å². The van der Waals surface area contributed by atoms with Crippen LogP contribution in [0.1, 0.15) is 57.4 Å². The summed E-state index contributed by atoms with van der Waals surface area (Å²) < 4.78 is 0. The fourth-order valence-electron chi connectivity index (χ4n) is 3.53. The molecule has 1 heterocycles. The molecule has 0 saturated heterocycles. The molecule has 0 spiro atoms. The Bertz CT molecular complexity index is 495. The summed E-state index contributed by atoms with van der Waals surface area (Å²) in [6.45, 7) is 4.31. The number of rotatable bonds is 5. The van der Waals surface area contributed by atoms with Gasteiger partial charge in [0.1, 0.15) is 5.92 Å². The van der Waals surface area contributed by atoms with Crippen LogP contribution in [0.15, 0.2) is 24.5 Å². The van der Waals surface area contributed by atoms with Crippen molar-refractivity contribution in [1.29, 1.82) is 5.26 Å². The Morgan fingerprint density at radius 1 is 1.35 bits per heavy atom. The average Bonchev–Trinajstić information content (AvgIpc) is 2.89. The third-order valence-electron chi connectivity index (χ3n) is 4.31. The summed E-state index contributed by atoms with van der Waals surface area (Å²) in [6, 6.07) is 5.78. The molecule has 1 aliphatic rings. The second kappa shape index (κ2) is 6.17. The van der Waals surface area contributed by atoms with Gasteiger partial charge in [-0.15, -0.1) is 0 Å². The zero-order valence-corrected chi connectivity index (χ0v) is 12.3. The average molecular weight is 270 g/mol.